The zero-order valence-corrected chi connectivity index (χ0v) is 17.1. The molecule has 1 aromatic carbocycles. The Bertz CT molecular complexity index is 704. The van der Waals surface area contributed by atoms with Crippen molar-refractivity contribution in [2.45, 2.75) is 78.1 Å². The minimum atomic E-state index is -0.975. The van der Waals surface area contributed by atoms with Crippen LogP contribution in [-0.4, -0.2) is 16.6 Å². The molecule has 0 aliphatic heterocycles. The summed E-state index contributed by atoms with van der Waals surface area (Å²) >= 11 is 0. The van der Waals surface area contributed by atoms with Crippen LogP contribution in [0, 0.1) is 11.6 Å². The lowest BCUT2D eigenvalue weighted by atomic mass is 10.1. The molecule has 0 atom stereocenters. The predicted molar refractivity (Wildman–Crippen MR) is 109 cm³/mol. The van der Waals surface area contributed by atoms with Gasteiger partial charge >= 0.3 is 0 Å². The smallest absolute Gasteiger partial charge is 0.201 e. The fourth-order valence-corrected chi connectivity index (χ4v) is 3.08. The molecule has 0 spiro atoms. The zero-order valence-electron chi connectivity index (χ0n) is 17.1. The molecule has 0 bridgehead atoms. The van der Waals surface area contributed by atoms with Crippen LogP contribution >= 0.6 is 0 Å². The van der Waals surface area contributed by atoms with Crippen molar-refractivity contribution in [3.63, 3.8) is 0 Å². The number of hydrogen-bond acceptors (Lipinski definition) is 3. The Morgan fingerprint density at radius 1 is 0.786 bits per heavy atom. The molecular weight excluding hydrogens is 358 g/mol. The Kier molecular flexibility index (Phi) is 9.87. The second-order valence-electron chi connectivity index (χ2n) is 7.23. The average molecular weight is 391 g/mol. The Labute approximate surface area is 167 Å². The van der Waals surface area contributed by atoms with Gasteiger partial charge in [-0.3, -0.25) is 0 Å². The van der Waals surface area contributed by atoms with Gasteiger partial charge in [0.1, 0.15) is 0 Å². The van der Waals surface area contributed by atoms with Crippen LogP contribution in [0.1, 0.15) is 77.2 Å². The van der Waals surface area contributed by atoms with E-state index >= 15 is 0 Å². The topological polar surface area (TPSA) is 35.0 Å². The third-order valence-corrected chi connectivity index (χ3v) is 4.82. The molecule has 0 N–H and O–H groups in total. The highest BCUT2D eigenvalue weighted by Crippen LogP contribution is 2.28. The Morgan fingerprint density at radius 3 is 2.11 bits per heavy atom. The maximum Gasteiger partial charge on any atom is 0.201 e. The number of aryl methyl sites for hydroxylation is 1. The van der Waals surface area contributed by atoms with E-state index in [1.807, 2.05) is 0 Å². The van der Waals surface area contributed by atoms with Gasteiger partial charge in [-0.15, -0.1) is 0 Å². The second kappa shape index (κ2) is 12.4. The number of benzene rings is 1. The van der Waals surface area contributed by atoms with Crippen molar-refractivity contribution in [3.8, 4) is 17.1 Å². The van der Waals surface area contributed by atoms with Gasteiger partial charge < -0.3 is 4.74 Å². The van der Waals surface area contributed by atoms with E-state index < -0.39 is 11.6 Å². The van der Waals surface area contributed by atoms with Crippen LogP contribution in [0.2, 0.25) is 0 Å². The number of rotatable bonds is 13. The van der Waals surface area contributed by atoms with E-state index in [-0.39, 0.29) is 17.1 Å². The number of halogens is 2. The van der Waals surface area contributed by atoms with Crippen molar-refractivity contribution in [1.29, 1.82) is 0 Å². The number of ether oxygens (including phenoxy) is 1. The molecule has 0 aliphatic carbocycles. The monoisotopic (exact) mass is 390 g/mol. The molecule has 1 heterocycles. The summed E-state index contributed by atoms with van der Waals surface area (Å²) in [6.45, 7) is 4.71. The van der Waals surface area contributed by atoms with Gasteiger partial charge in [-0.1, -0.05) is 58.8 Å². The highest BCUT2D eigenvalue weighted by atomic mass is 19.2. The summed E-state index contributed by atoms with van der Waals surface area (Å²) in [4.78, 5) is 8.47. The lowest BCUT2D eigenvalue weighted by Gasteiger charge is -2.10. The van der Waals surface area contributed by atoms with Crippen molar-refractivity contribution in [2.75, 3.05) is 6.61 Å². The van der Waals surface area contributed by atoms with Gasteiger partial charge in [-0.05, 0) is 37.0 Å². The molecule has 5 heteroatoms. The van der Waals surface area contributed by atoms with E-state index in [0.29, 0.717) is 6.61 Å². The summed E-state index contributed by atoms with van der Waals surface area (Å²) in [5.74, 6) is -1.79. The predicted octanol–water partition coefficient (Wildman–Crippen LogP) is 6.89. The molecule has 2 rings (SSSR count). The summed E-state index contributed by atoms with van der Waals surface area (Å²) < 4.78 is 34.2. The maximum absolute atomic E-state index is 14.5. The van der Waals surface area contributed by atoms with Gasteiger partial charge in [-0.2, -0.15) is 4.39 Å². The Balaban J connectivity index is 1.94. The zero-order chi connectivity index (χ0) is 20.2. The Hall–Kier alpha value is -2.04. The van der Waals surface area contributed by atoms with Crippen LogP contribution in [0.25, 0.3) is 11.4 Å². The summed E-state index contributed by atoms with van der Waals surface area (Å²) in [6, 6.07) is 2.94. The molecular formula is C23H32F2N2O. The van der Waals surface area contributed by atoms with E-state index in [2.05, 4.69) is 23.8 Å². The minimum absolute atomic E-state index is 0.0542. The molecule has 28 heavy (non-hydrogen) atoms. The standard InChI is InChI=1S/C23H32F2N2O/c1-3-5-7-9-10-12-18-16-26-23(27-17-18)19-13-14-20(22(25)21(19)24)28-15-11-8-6-4-2/h13-14,16-17H,3-12,15H2,1-2H3. The molecule has 3 nitrogen and oxygen atoms in total. The van der Waals surface area contributed by atoms with Crippen LogP contribution in [0.4, 0.5) is 8.78 Å². The van der Waals surface area contributed by atoms with Crippen molar-refractivity contribution >= 4 is 0 Å². The van der Waals surface area contributed by atoms with Crippen molar-refractivity contribution in [3.05, 3.63) is 41.7 Å². The first kappa shape index (κ1) is 22.3. The fourth-order valence-electron chi connectivity index (χ4n) is 3.08. The molecule has 2 aromatic rings. The highest BCUT2D eigenvalue weighted by Gasteiger charge is 2.17. The quantitative estimate of drug-likeness (QED) is 0.349. The van der Waals surface area contributed by atoms with E-state index in [0.717, 1.165) is 44.1 Å². The highest BCUT2D eigenvalue weighted by molar-refractivity contribution is 5.57. The summed E-state index contributed by atoms with van der Waals surface area (Å²) in [6.07, 6.45) is 14.4. The van der Waals surface area contributed by atoms with Crippen molar-refractivity contribution < 1.29 is 13.5 Å². The van der Waals surface area contributed by atoms with Gasteiger partial charge in [0.25, 0.3) is 0 Å². The van der Waals surface area contributed by atoms with E-state index in [1.165, 1.54) is 37.8 Å². The van der Waals surface area contributed by atoms with Gasteiger partial charge in [0.05, 0.1) is 12.2 Å². The maximum atomic E-state index is 14.5. The lowest BCUT2D eigenvalue weighted by molar-refractivity contribution is 0.285. The third kappa shape index (κ3) is 6.84. The first-order chi connectivity index (χ1) is 13.7. The second-order valence-corrected chi connectivity index (χ2v) is 7.23. The van der Waals surface area contributed by atoms with Crippen molar-refractivity contribution in [2.24, 2.45) is 0 Å². The van der Waals surface area contributed by atoms with Crippen LogP contribution < -0.4 is 4.74 Å². The molecule has 1 aromatic heterocycles. The lowest BCUT2D eigenvalue weighted by Crippen LogP contribution is -2.03. The summed E-state index contributed by atoms with van der Waals surface area (Å²) in [5, 5.41) is 0. The molecule has 0 radical (unpaired) electrons. The largest absolute Gasteiger partial charge is 0.490 e. The minimum Gasteiger partial charge on any atom is -0.490 e. The molecule has 154 valence electrons. The van der Waals surface area contributed by atoms with Crippen LogP contribution in [0.3, 0.4) is 0 Å². The van der Waals surface area contributed by atoms with Gasteiger partial charge in [0.15, 0.2) is 17.4 Å². The van der Waals surface area contributed by atoms with Crippen LogP contribution in [0.5, 0.6) is 5.75 Å². The SMILES string of the molecule is CCCCCCCc1cnc(-c2ccc(OCCCCCC)c(F)c2F)nc1. The molecule has 0 fully saturated rings. The number of nitrogens with zero attached hydrogens (tertiary/aromatic N) is 2. The van der Waals surface area contributed by atoms with Gasteiger partial charge in [0, 0.05) is 12.4 Å². The molecule has 0 saturated carbocycles. The normalized spacial score (nSPS) is 11.0. The van der Waals surface area contributed by atoms with Crippen LogP contribution in [0.15, 0.2) is 24.5 Å². The number of aromatic nitrogens is 2. The average Bonchev–Trinajstić information content (AvgIpc) is 2.71. The van der Waals surface area contributed by atoms with E-state index in [9.17, 15) is 8.78 Å². The number of hydrogen-bond donors (Lipinski definition) is 0. The first-order valence-electron chi connectivity index (χ1n) is 10.6. The van der Waals surface area contributed by atoms with Gasteiger partial charge in [-0.25, -0.2) is 14.4 Å². The Morgan fingerprint density at radius 2 is 1.43 bits per heavy atom. The number of unbranched alkanes of at least 4 members (excludes halogenated alkanes) is 7. The van der Waals surface area contributed by atoms with E-state index in [1.54, 1.807) is 12.4 Å². The van der Waals surface area contributed by atoms with Crippen molar-refractivity contribution in [1.82, 2.24) is 9.97 Å². The van der Waals surface area contributed by atoms with E-state index in [4.69, 9.17) is 4.74 Å². The summed E-state index contributed by atoms with van der Waals surface area (Å²) in [5.41, 5.74) is 1.08. The summed E-state index contributed by atoms with van der Waals surface area (Å²) in [7, 11) is 0. The fraction of sp³-hybridized carbons (Fsp3) is 0.565. The van der Waals surface area contributed by atoms with Gasteiger partial charge in [0.2, 0.25) is 5.82 Å². The molecule has 0 aliphatic rings. The third-order valence-electron chi connectivity index (χ3n) is 4.82. The molecule has 0 unspecified atom stereocenters. The molecule has 0 amide bonds. The first-order valence-corrected chi connectivity index (χ1v) is 10.6. The molecule has 0 saturated heterocycles. The van der Waals surface area contributed by atoms with Crippen LogP contribution in [-0.2, 0) is 6.42 Å².